The van der Waals surface area contributed by atoms with Crippen molar-refractivity contribution < 1.29 is 14.8 Å². The Morgan fingerprint density at radius 3 is 2.64 bits per heavy atom. The van der Waals surface area contributed by atoms with Crippen LogP contribution in [-0.4, -0.2) is 10.2 Å². The van der Waals surface area contributed by atoms with Gasteiger partial charge in [0, 0.05) is 13.0 Å². The minimum absolute atomic E-state index is 0.0330. The van der Waals surface area contributed by atoms with Gasteiger partial charge in [-0.15, -0.1) is 0 Å². The van der Waals surface area contributed by atoms with E-state index in [4.69, 9.17) is 5.11 Å². The fourth-order valence-corrected chi connectivity index (χ4v) is 1.02. The zero-order valence-corrected chi connectivity index (χ0v) is 6.70. The van der Waals surface area contributed by atoms with Gasteiger partial charge in [-0.1, -0.05) is 0 Å². The summed E-state index contributed by atoms with van der Waals surface area (Å²) in [6.45, 7) is 4.53. The van der Waals surface area contributed by atoms with Gasteiger partial charge in [-0.3, -0.25) is 0 Å². The van der Waals surface area contributed by atoms with E-state index in [1.807, 2.05) is 11.5 Å². The van der Waals surface area contributed by atoms with E-state index in [0.717, 1.165) is 6.54 Å². The number of pyridine rings is 1. The van der Waals surface area contributed by atoms with Crippen molar-refractivity contribution in [2.24, 2.45) is 0 Å². The van der Waals surface area contributed by atoms with Crippen LogP contribution in [0.25, 0.3) is 0 Å². The highest BCUT2D eigenvalue weighted by Crippen LogP contribution is 2.24. The lowest BCUT2D eigenvalue weighted by molar-refractivity contribution is -0.699. The number of aryl methyl sites for hydroxylation is 1. The standard InChI is InChI=1S/C8H11NO2/c1-3-9-5-4-7(10)8(11)6(9)2/h4-5,11H,3H2,1-2H3/p+1. The lowest BCUT2D eigenvalue weighted by Gasteiger charge is -2.00. The van der Waals surface area contributed by atoms with Crippen molar-refractivity contribution in [2.45, 2.75) is 20.4 Å². The summed E-state index contributed by atoms with van der Waals surface area (Å²) < 4.78 is 1.86. The molecule has 0 spiro atoms. The third kappa shape index (κ3) is 1.27. The fraction of sp³-hybridized carbons (Fsp3) is 0.375. The maximum absolute atomic E-state index is 9.25. The molecule has 1 rings (SSSR count). The van der Waals surface area contributed by atoms with Gasteiger partial charge < -0.3 is 10.2 Å². The maximum Gasteiger partial charge on any atom is 0.226 e. The normalized spacial score (nSPS) is 10.0. The highest BCUT2D eigenvalue weighted by molar-refractivity contribution is 5.36. The van der Waals surface area contributed by atoms with Gasteiger partial charge in [0.1, 0.15) is 6.54 Å². The molecule has 2 N–H and O–H groups in total. The van der Waals surface area contributed by atoms with Gasteiger partial charge in [-0.25, -0.2) is 0 Å². The SMILES string of the molecule is CC[n+]1ccc(O)c(O)c1C. The first kappa shape index (κ1) is 7.85. The molecule has 3 heteroatoms. The van der Waals surface area contributed by atoms with Crippen molar-refractivity contribution in [3.8, 4) is 11.5 Å². The average Bonchev–Trinajstić information content (AvgIpc) is 2.01. The van der Waals surface area contributed by atoms with Crippen molar-refractivity contribution >= 4 is 0 Å². The van der Waals surface area contributed by atoms with Crippen molar-refractivity contribution in [1.82, 2.24) is 0 Å². The van der Waals surface area contributed by atoms with Crippen LogP contribution in [0.4, 0.5) is 0 Å². The number of aromatic nitrogens is 1. The van der Waals surface area contributed by atoms with Crippen LogP contribution in [0.3, 0.4) is 0 Å². The highest BCUT2D eigenvalue weighted by Gasteiger charge is 2.12. The van der Waals surface area contributed by atoms with Crippen LogP contribution in [0.5, 0.6) is 11.5 Å². The van der Waals surface area contributed by atoms with Gasteiger partial charge in [-0.05, 0) is 6.92 Å². The molecule has 0 aliphatic heterocycles. The number of rotatable bonds is 1. The Morgan fingerprint density at radius 1 is 1.45 bits per heavy atom. The molecular weight excluding hydrogens is 142 g/mol. The molecule has 0 aliphatic rings. The Balaban J connectivity index is 3.25. The molecule has 0 amide bonds. The summed E-state index contributed by atoms with van der Waals surface area (Å²) in [4.78, 5) is 0. The molecule has 0 aliphatic carbocycles. The Hall–Kier alpha value is -1.25. The predicted molar refractivity (Wildman–Crippen MR) is 40.4 cm³/mol. The lowest BCUT2D eigenvalue weighted by Crippen LogP contribution is -2.34. The summed E-state index contributed by atoms with van der Waals surface area (Å²) in [6.07, 6.45) is 1.74. The smallest absolute Gasteiger partial charge is 0.226 e. The second-order valence-electron chi connectivity index (χ2n) is 2.42. The zero-order chi connectivity index (χ0) is 8.43. The molecule has 0 saturated carbocycles. The minimum Gasteiger partial charge on any atom is -0.504 e. The predicted octanol–water partition coefficient (Wildman–Crippen LogP) is 0.714. The van der Waals surface area contributed by atoms with Gasteiger partial charge >= 0.3 is 0 Å². The average molecular weight is 154 g/mol. The third-order valence-electron chi connectivity index (χ3n) is 1.77. The molecule has 60 valence electrons. The number of hydrogen-bond donors (Lipinski definition) is 2. The van der Waals surface area contributed by atoms with E-state index in [0.29, 0.717) is 5.69 Å². The van der Waals surface area contributed by atoms with Gasteiger partial charge in [0.25, 0.3) is 0 Å². The highest BCUT2D eigenvalue weighted by atomic mass is 16.3. The van der Waals surface area contributed by atoms with Crippen LogP contribution >= 0.6 is 0 Å². The molecule has 11 heavy (non-hydrogen) atoms. The Morgan fingerprint density at radius 2 is 2.09 bits per heavy atom. The van der Waals surface area contributed by atoms with Crippen molar-refractivity contribution in [3.05, 3.63) is 18.0 Å². The molecule has 1 aromatic heterocycles. The van der Waals surface area contributed by atoms with E-state index in [-0.39, 0.29) is 11.5 Å². The van der Waals surface area contributed by atoms with E-state index in [1.165, 1.54) is 6.07 Å². The van der Waals surface area contributed by atoms with Crippen molar-refractivity contribution in [3.63, 3.8) is 0 Å². The first-order valence-corrected chi connectivity index (χ1v) is 3.57. The monoisotopic (exact) mass is 154 g/mol. The molecule has 0 saturated heterocycles. The molecule has 0 atom stereocenters. The largest absolute Gasteiger partial charge is 0.504 e. The van der Waals surface area contributed by atoms with Crippen LogP contribution in [-0.2, 0) is 6.54 Å². The number of nitrogens with zero attached hydrogens (tertiary/aromatic N) is 1. The quantitative estimate of drug-likeness (QED) is 0.585. The van der Waals surface area contributed by atoms with Crippen LogP contribution < -0.4 is 4.57 Å². The van der Waals surface area contributed by atoms with Crippen LogP contribution in [0.1, 0.15) is 12.6 Å². The van der Waals surface area contributed by atoms with Gasteiger partial charge in [-0.2, -0.15) is 4.57 Å². The minimum atomic E-state index is -0.0628. The topological polar surface area (TPSA) is 44.3 Å². The summed E-state index contributed by atoms with van der Waals surface area (Å²) in [7, 11) is 0. The maximum atomic E-state index is 9.25. The van der Waals surface area contributed by atoms with E-state index < -0.39 is 0 Å². The lowest BCUT2D eigenvalue weighted by atomic mass is 10.3. The van der Waals surface area contributed by atoms with Crippen LogP contribution in [0, 0.1) is 6.92 Å². The van der Waals surface area contributed by atoms with Crippen LogP contribution in [0.15, 0.2) is 12.3 Å². The van der Waals surface area contributed by atoms with E-state index in [1.54, 1.807) is 13.1 Å². The number of aromatic hydroxyl groups is 2. The molecule has 0 fully saturated rings. The molecule has 1 heterocycles. The van der Waals surface area contributed by atoms with Gasteiger partial charge in [0.2, 0.25) is 11.4 Å². The van der Waals surface area contributed by atoms with Crippen molar-refractivity contribution in [1.29, 1.82) is 0 Å². The summed E-state index contributed by atoms with van der Waals surface area (Å²) in [5, 5.41) is 18.3. The van der Waals surface area contributed by atoms with Gasteiger partial charge in [0.15, 0.2) is 11.9 Å². The molecule has 3 nitrogen and oxygen atoms in total. The second kappa shape index (κ2) is 2.78. The number of hydrogen-bond acceptors (Lipinski definition) is 2. The van der Waals surface area contributed by atoms with E-state index in [9.17, 15) is 5.11 Å². The Labute approximate surface area is 65.5 Å². The summed E-state index contributed by atoms with van der Waals surface area (Å²) >= 11 is 0. The molecule has 0 bridgehead atoms. The molecule has 0 unspecified atom stereocenters. The summed E-state index contributed by atoms with van der Waals surface area (Å²) in [5.41, 5.74) is 0.688. The third-order valence-corrected chi connectivity index (χ3v) is 1.77. The molecule has 1 aromatic rings. The second-order valence-corrected chi connectivity index (χ2v) is 2.42. The van der Waals surface area contributed by atoms with Crippen LogP contribution in [0.2, 0.25) is 0 Å². The van der Waals surface area contributed by atoms with E-state index >= 15 is 0 Å². The Kier molecular flexibility index (Phi) is 1.98. The molecule has 0 radical (unpaired) electrons. The summed E-state index contributed by atoms with van der Waals surface area (Å²) in [6, 6.07) is 1.48. The zero-order valence-electron chi connectivity index (χ0n) is 6.70. The van der Waals surface area contributed by atoms with Crippen molar-refractivity contribution in [2.75, 3.05) is 0 Å². The van der Waals surface area contributed by atoms with E-state index in [2.05, 4.69) is 0 Å². The van der Waals surface area contributed by atoms with Gasteiger partial charge in [0.05, 0.1) is 0 Å². The Bertz CT molecular complexity index is 271. The summed E-state index contributed by atoms with van der Waals surface area (Å²) in [5.74, 6) is -0.0958. The molecule has 0 aromatic carbocycles. The first-order chi connectivity index (χ1) is 5.16. The first-order valence-electron chi connectivity index (χ1n) is 3.57. The fourth-order valence-electron chi connectivity index (χ4n) is 1.02. The molecular formula is C8H12NO2+.